The van der Waals surface area contributed by atoms with Gasteiger partial charge in [0.05, 0.1) is 4.21 Å². The fourth-order valence-corrected chi connectivity index (χ4v) is 3.82. The van der Waals surface area contributed by atoms with Gasteiger partial charge in [-0.1, -0.05) is 0 Å². The van der Waals surface area contributed by atoms with Crippen molar-refractivity contribution in [3.05, 3.63) is 18.2 Å². The first-order chi connectivity index (χ1) is 6.22. The standard InChI is InChI=1S/C9H8OS3/c1-12-8-6-3-2-5(10)4-7(6)13-9(8)11/h2-4,10-11H,1H3. The number of fused-ring (bicyclic) bond motifs is 1. The van der Waals surface area contributed by atoms with E-state index in [1.807, 2.05) is 12.3 Å². The Morgan fingerprint density at radius 2 is 2.23 bits per heavy atom. The molecule has 13 heavy (non-hydrogen) atoms. The molecule has 0 radical (unpaired) electrons. The molecule has 0 aliphatic rings. The molecule has 1 aromatic carbocycles. The van der Waals surface area contributed by atoms with Crippen LogP contribution in [0.4, 0.5) is 0 Å². The van der Waals surface area contributed by atoms with E-state index in [1.54, 1.807) is 35.2 Å². The maximum Gasteiger partial charge on any atom is 0.117 e. The number of benzene rings is 1. The number of hydrogen-bond acceptors (Lipinski definition) is 4. The molecule has 0 unspecified atom stereocenters. The number of rotatable bonds is 1. The zero-order chi connectivity index (χ0) is 9.42. The Hall–Kier alpha value is -0.320. The Morgan fingerprint density at radius 1 is 1.46 bits per heavy atom. The highest BCUT2D eigenvalue weighted by Crippen LogP contribution is 2.40. The summed E-state index contributed by atoms with van der Waals surface area (Å²) in [7, 11) is 0. The maximum atomic E-state index is 9.28. The van der Waals surface area contributed by atoms with E-state index >= 15 is 0 Å². The average Bonchev–Trinajstić information content (AvgIpc) is 2.39. The van der Waals surface area contributed by atoms with Crippen molar-refractivity contribution in [1.82, 2.24) is 0 Å². The first kappa shape index (κ1) is 9.24. The van der Waals surface area contributed by atoms with Gasteiger partial charge in [0.15, 0.2) is 0 Å². The second-order valence-electron chi connectivity index (χ2n) is 2.62. The van der Waals surface area contributed by atoms with Gasteiger partial charge in [-0.2, -0.15) is 0 Å². The van der Waals surface area contributed by atoms with Crippen molar-refractivity contribution in [2.24, 2.45) is 0 Å². The molecule has 1 heterocycles. The van der Waals surface area contributed by atoms with Gasteiger partial charge in [0.25, 0.3) is 0 Å². The van der Waals surface area contributed by atoms with Crippen LogP contribution in [0.2, 0.25) is 0 Å². The molecular formula is C9H8OS3. The highest BCUT2D eigenvalue weighted by Gasteiger charge is 2.08. The van der Waals surface area contributed by atoms with Crippen LogP contribution in [0, 0.1) is 0 Å². The van der Waals surface area contributed by atoms with Crippen molar-refractivity contribution in [3.63, 3.8) is 0 Å². The largest absolute Gasteiger partial charge is 0.508 e. The molecule has 1 N–H and O–H groups in total. The molecule has 0 atom stereocenters. The van der Waals surface area contributed by atoms with E-state index in [0.717, 1.165) is 8.91 Å². The number of hydrogen-bond donors (Lipinski definition) is 2. The summed E-state index contributed by atoms with van der Waals surface area (Å²) in [6.07, 6.45) is 2.04. The van der Waals surface area contributed by atoms with Crippen LogP contribution >= 0.6 is 35.7 Å². The van der Waals surface area contributed by atoms with Crippen LogP contribution in [0.5, 0.6) is 5.75 Å². The van der Waals surface area contributed by atoms with Gasteiger partial charge in [-0.25, -0.2) is 0 Å². The summed E-state index contributed by atoms with van der Waals surface area (Å²) in [6.45, 7) is 0. The number of phenols is 1. The molecule has 0 saturated heterocycles. The Kier molecular flexibility index (Phi) is 2.45. The molecule has 0 saturated carbocycles. The second kappa shape index (κ2) is 3.44. The normalized spacial score (nSPS) is 10.9. The Bertz CT molecular complexity index is 447. The van der Waals surface area contributed by atoms with Crippen molar-refractivity contribution in [2.75, 3.05) is 6.26 Å². The maximum absolute atomic E-state index is 9.28. The molecule has 2 rings (SSSR count). The van der Waals surface area contributed by atoms with Gasteiger partial charge in [-0.3, -0.25) is 0 Å². The SMILES string of the molecule is CSc1c(S)sc2cc(O)ccc12. The van der Waals surface area contributed by atoms with Crippen LogP contribution in [-0.4, -0.2) is 11.4 Å². The van der Waals surface area contributed by atoms with Crippen LogP contribution in [0.3, 0.4) is 0 Å². The molecule has 1 aromatic heterocycles. The fourth-order valence-electron chi connectivity index (χ4n) is 1.25. The van der Waals surface area contributed by atoms with Crippen LogP contribution in [0.25, 0.3) is 10.1 Å². The first-order valence-electron chi connectivity index (χ1n) is 3.71. The molecule has 0 amide bonds. The van der Waals surface area contributed by atoms with Gasteiger partial charge in [0.1, 0.15) is 5.75 Å². The Labute approximate surface area is 90.2 Å². The molecule has 4 heteroatoms. The number of thiol groups is 1. The monoisotopic (exact) mass is 228 g/mol. The Balaban J connectivity index is 2.79. The summed E-state index contributed by atoms with van der Waals surface area (Å²) in [5, 5.41) is 10.5. The lowest BCUT2D eigenvalue weighted by atomic mass is 10.2. The van der Waals surface area contributed by atoms with E-state index in [0.29, 0.717) is 5.75 Å². The fraction of sp³-hybridized carbons (Fsp3) is 0.111. The lowest BCUT2D eigenvalue weighted by molar-refractivity contribution is 0.476. The summed E-state index contributed by atoms with van der Waals surface area (Å²) in [6, 6.07) is 5.42. The van der Waals surface area contributed by atoms with Gasteiger partial charge in [-0.05, 0) is 24.5 Å². The van der Waals surface area contributed by atoms with Crippen molar-refractivity contribution in [1.29, 1.82) is 0 Å². The zero-order valence-corrected chi connectivity index (χ0v) is 9.47. The summed E-state index contributed by atoms with van der Waals surface area (Å²) < 4.78 is 2.11. The van der Waals surface area contributed by atoms with Crippen molar-refractivity contribution in [3.8, 4) is 5.75 Å². The van der Waals surface area contributed by atoms with Gasteiger partial charge < -0.3 is 5.11 Å². The molecule has 2 aromatic rings. The molecule has 0 aliphatic heterocycles. The van der Waals surface area contributed by atoms with Crippen molar-refractivity contribution in [2.45, 2.75) is 9.10 Å². The number of thioether (sulfide) groups is 1. The van der Waals surface area contributed by atoms with Gasteiger partial charge in [-0.15, -0.1) is 35.7 Å². The highest BCUT2D eigenvalue weighted by molar-refractivity contribution is 7.99. The Morgan fingerprint density at radius 3 is 2.92 bits per heavy atom. The average molecular weight is 228 g/mol. The van der Waals surface area contributed by atoms with Crippen LogP contribution in [-0.2, 0) is 0 Å². The smallest absolute Gasteiger partial charge is 0.117 e. The minimum atomic E-state index is 0.315. The van der Waals surface area contributed by atoms with E-state index in [4.69, 9.17) is 0 Å². The van der Waals surface area contributed by atoms with Gasteiger partial charge >= 0.3 is 0 Å². The van der Waals surface area contributed by atoms with Crippen LogP contribution in [0.1, 0.15) is 0 Å². The molecule has 0 bridgehead atoms. The molecule has 0 aliphatic carbocycles. The summed E-state index contributed by atoms with van der Waals surface area (Å²) >= 11 is 7.68. The van der Waals surface area contributed by atoms with E-state index < -0.39 is 0 Å². The first-order valence-corrected chi connectivity index (χ1v) is 6.19. The van der Waals surface area contributed by atoms with Crippen LogP contribution < -0.4 is 0 Å². The zero-order valence-electron chi connectivity index (χ0n) is 6.94. The van der Waals surface area contributed by atoms with E-state index in [1.165, 1.54) is 10.3 Å². The minimum absolute atomic E-state index is 0.315. The lowest BCUT2D eigenvalue weighted by Crippen LogP contribution is -1.67. The third-order valence-electron chi connectivity index (χ3n) is 1.81. The predicted octanol–water partition coefficient (Wildman–Crippen LogP) is 3.62. The van der Waals surface area contributed by atoms with Gasteiger partial charge in [0.2, 0.25) is 0 Å². The number of aromatic hydroxyl groups is 1. The van der Waals surface area contributed by atoms with Crippen molar-refractivity contribution < 1.29 is 5.11 Å². The lowest BCUT2D eigenvalue weighted by Gasteiger charge is -1.94. The van der Waals surface area contributed by atoms with Crippen LogP contribution in [0.15, 0.2) is 27.3 Å². The third kappa shape index (κ3) is 1.54. The topological polar surface area (TPSA) is 20.2 Å². The molecule has 68 valence electrons. The summed E-state index contributed by atoms with van der Waals surface area (Å²) in [5.41, 5.74) is 0. The van der Waals surface area contributed by atoms with Gasteiger partial charge in [0, 0.05) is 15.0 Å². The third-order valence-corrected chi connectivity index (χ3v) is 4.38. The molecule has 0 fully saturated rings. The molecular weight excluding hydrogens is 220 g/mol. The minimum Gasteiger partial charge on any atom is -0.508 e. The summed E-state index contributed by atoms with van der Waals surface area (Å²) in [4.78, 5) is 1.20. The van der Waals surface area contributed by atoms with E-state index in [9.17, 15) is 5.11 Å². The summed E-state index contributed by atoms with van der Waals surface area (Å²) in [5.74, 6) is 0.315. The molecule has 0 spiro atoms. The highest BCUT2D eigenvalue weighted by atomic mass is 32.2. The quantitative estimate of drug-likeness (QED) is 0.574. The van der Waals surface area contributed by atoms with Crippen molar-refractivity contribution >= 4 is 45.8 Å². The molecule has 1 nitrogen and oxygen atoms in total. The number of thiophene rings is 1. The predicted molar refractivity (Wildman–Crippen MR) is 62.5 cm³/mol. The number of phenolic OH excluding ortho intramolecular Hbond substituents is 1. The van der Waals surface area contributed by atoms with E-state index in [-0.39, 0.29) is 0 Å². The van der Waals surface area contributed by atoms with E-state index in [2.05, 4.69) is 12.6 Å². The second-order valence-corrected chi connectivity index (χ2v) is 5.24.